The fourth-order valence-corrected chi connectivity index (χ4v) is 6.24. The summed E-state index contributed by atoms with van der Waals surface area (Å²) in [5.41, 5.74) is 4.59. The van der Waals surface area contributed by atoms with Crippen molar-refractivity contribution in [2.24, 2.45) is 0 Å². The molecule has 0 saturated carbocycles. The minimum absolute atomic E-state index is 0.299. The first-order valence-corrected chi connectivity index (χ1v) is 12.7. The number of benzene rings is 1. The Morgan fingerprint density at radius 1 is 1.15 bits per heavy atom. The highest BCUT2D eigenvalue weighted by atomic mass is 32.2. The Hall–Kier alpha value is -3.34. The van der Waals surface area contributed by atoms with Crippen LogP contribution in [0.4, 0.5) is 11.5 Å². The highest BCUT2D eigenvalue weighted by molar-refractivity contribution is 7.95. The van der Waals surface area contributed by atoms with E-state index in [1.165, 1.54) is 12.1 Å². The molecule has 0 saturated heterocycles. The molecule has 5 heterocycles. The molecule has 0 aliphatic carbocycles. The van der Waals surface area contributed by atoms with Gasteiger partial charge in [0.2, 0.25) is 10.0 Å². The van der Waals surface area contributed by atoms with E-state index in [4.69, 9.17) is 0 Å². The summed E-state index contributed by atoms with van der Waals surface area (Å²) >= 11 is 1.40. The van der Waals surface area contributed by atoms with Crippen LogP contribution in [0.1, 0.15) is 11.1 Å². The standard InChI is InChI=1S/C23H20N6O2S2/c30-33(31,20-6-10-29-19(12-20)14-26-32-29)28-9-7-21-17(15-28)5-8-24-23(21)27-18-11-16-3-1-2-4-22(16)25-13-18/h1-6,8,10-14,26H,7,9,15H2,(H,24,27). The number of fused-ring (bicyclic) bond motifs is 3. The number of allylic oxidation sites excluding steroid dienone is 2. The van der Waals surface area contributed by atoms with Crippen LogP contribution in [-0.2, 0) is 23.0 Å². The second kappa shape index (κ2) is 7.91. The van der Waals surface area contributed by atoms with Gasteiger partial charge in [-0.1, -0.05) is 18.2 Å². The van der Waals surface area contributed by atoms with E-state index >= 15 is 0 Å². The zero-order valence-electron chi connectivity index (χ0n) is 17.5. The number of nitrogens with zero attached hydrogens (tertiary/aromatic N) is 4. The van der Waals surface area contributed by atoms with E-state index in [2.05, 4.69) is 20.0 Å². The molecule has 2 aromatic heterocycles. The molecule has 0 bridgehead atoms. The normalized spacial score (nSPS) is 17.8. The number of sulfonamides is 1. The SMILES string of the molecule is O=S(=O)(C1=CC2=CNSN2C=C1)N1CCc2c(ccnc2Nc2cnc3ccccc3c2)C1. The van der Waals surface area contributed by atoms with Crippen LogP contribution in [0, 0.1) is 0 Å². The molecule has 0 radical (unpaired) electrons. The van der Waals surface area contributed by atoms with Crippen LogP contribution in [0.3, 0.4) is 0 Å². The van der Waals surface area contributed by atoms with Gasteiger partial charge in [-0.2, -0.15) is 4.31 Å². The van der Waals surface area contributed by atoms with Gasteiger partial charge in [0.05, 0.1) is 40.1 Å². The summed E-state index contributed by atoms with van der Waals surface area (Å²) in [6, 6.07) is 11.9. The first-order chi connectivity index (χ1) is 16.1. The molecule has 10 heteroatoms. The Kier molecular flexibility index (Phi) is 4.86. The lowest BCUT2D eigenvalue weighted by molar-refractivity contribution is 0.395. The van der Waals surface area contributed by atoms with Gasteiger partial charge in [0.25, 0.3) is 0 Å². The van der Waals surface area contributed by atoms with Gasteiger partial charge in [-0.15, -0.1) is 0 Å². The first kappa shape index (κ1) is 20.3. The maximum absolute atomic E-state index is 13.3. The van der Waals surface area contributed by atoms with Gasteiger partial charge in [0.1, 0.15) is 5.82 Å². The molecule has 3 aromatic rings. The molecule has 8 nitrogen and oxygen atoms in total. The summed E-state index contributed by atoms with van der Waals surface area (Å²) < 4.78 is 33.1. The largest absolute Gasteiger partial charge is 0.339 e. The second-order valence-electron chi connectivity index (χ2n) is 7.89. The van der Waals surface area contributed by atoms with Crippen molar-refractivity contribution in [1.29, 1.82) is 0 Å². The number of anilines is 2. The number of pyridine rings is 2. The van der Waals surface area contributed by atoms with Gasteiger partial charge in [-0.3, -0.25) is 9.29 Å². The molecule has 0 spiro atoms. The van der Waals surface area contributed by atoms with Crippen LogP contribution >= 0.6 is 12.1 Å². The maximum Gasteiger partial charge on any atom is 0.243 e. The minimum atomic E-state index is -3.61. The summed E-state index contributed by atoms with van der Waals surface area (Å²) in [6.07, 6.45) is 11.0. The first-order valence-electron chi connectivity index (χ1n) is 10.5. The van der Waals surface area contributed by atoms with Crippen LogP contribution in [0.5, 0.6) is 0 Å². The number of hydrogen-bond acceptors (Lipinski definition) is 8. The van der Waals surface area contributed by atoms with Crippen molar-refractivity contribution in [3.63, 3.8) is 0 Å². The number of para-hydroxylation sites is 1. The van der Waals surface area contributed by atoms with Crippen LogP contribution in [0.2, 0.25) is 0 Å². The molecule has 1 aromatic carbocycles. The van der Waals surface area contributed by atoms with Crippen molar-refractivity contribution in [1.82, 2.24) is 23.3 Å². The molecular weight excluding hydrogens is 456 g/mol. The molecule has 3 aliphatic heterocycles. The van der Waals surface area contributed by atoms with E-state index < -0.39 is 10.0 Å². The minimum Gasteiger partial charge on any atom is -0.339 e. The van der Waals surface area contributed by atoms with Crippen molar-refractivity contribution in [2.45, 2.75) is 13.0 Å². The lowest BCUT2D eigenvalue weighted by atomic mass is 10.0. The molecule has 2 N–H and O–H groups in total. The summed E-state index contributed by atoms with van der Waals surface area (Å²) in [7, 11) is -3.61. The Labute approximate surface area is 196 Å². The molecule has 0 amide bonds. The van der Waals surface area contributed by atoms with Crippen LogP contribution in [0.15, 0.2) is 83.9 Å². The van der Waals surface area contributed by atoms with Gasteiger partial charge in [-0.05, 0) is 42.3 Å². The zero-order valence-corrected chi connectivity index (χ0v) is 19.1. The summed E-state index contributed by atoms with van der Waals surface area (Å²) in [5, 5.41) is 4.42. The molecule has 0 unspecified atom stereocenters. The highest BCUT2D eigenvalue weighted by Gasteiger charge is 2.32. The third-order valence-corrected chi connectivity index (χ3v) is 8.47. The summed E-state index contributed by atoms with van der Waals surface area (Å²) in [4.78, 5) is 9.33. The van der Waals surface area contributed by atoms with Gasteiger partial charge in [0, 0.05) is 42.6 Å². The molecule has 0 atom stereocenters. The summed E-state index contributed by atoms with van der Waals surface area (Å²) in [6.45, 7) is 0.707. The van der Waals surface area contributed by atoms with E-state index in [1.54, 1.807) is 41.3 Å². The number of nitrogens with one attached hydrogen (secondary N) is 2. The third-order valence-electron chi connectivity index (χ3n) is 5.88. The predicted molar refractivity (Wildman–Crippen MR) is 130 cm³/mol. The van der Waals surface area contributed by atoms with E-state index in [0.717, 1.165) is 39.2 Å². The topological polar surface area (TPSA) is 90.5 Å². The predicted octanol–water partition coefficient (Wildman–Crippen LogP) is 3.78. The molecule has 0 fully saturated rings. The zero-order chi connectivity index (χ0) is 22.4. The fraction of sp³-hybridized carbons (Fsp3) is 0.130. The molecule has 6 rings (SSSR count). The fourth-order valence-electron chi connectivity index (χ4n) is 4.18. The van der Waals surface area contributed by atoms with E-state index in [0.29, 0.717) is 24.4 Å². The number of hydrogen-bond donors (Lipinski definition) is 2. The lowest BCUT2D eigenvalue weighted by Gasteiger charge is -2.30. The van der Waals surface area contributed by atoms with Gasteiger partial charge < -0.3 is 10.0 Å². The average Bonchev–Trinajstić information content (AvgIpc) is 3.32. The van der Waals surface area contributed by atoms with Crippen molar-refractivity contribution in [2.75, 3.05) is 11.9 Å². The second-order valence-corrected chi connectivity index (χ2v) is 10.6. The maximum atomic E-state index is 13.3. The molecule has 166 valence electrons. The van der Waals surface area contributed by atoms with Crippen LogP contribution in [0.25, 0.3) is 10.9 Å². The Morgan fingerprint density at radius 2 is 2.06 bits per heavy atom. The van der Waals surface area contributed by atoms with Crippen molar-refractivity contribution in [3.05, 3.63) is 95.1 Å². The third kappa shape index (κ3) is 3.65. The van der Waals surface area contributed by atoms with E-state index in [-0.39, 0.29) is 0 Å². The quantitative estimate of drug-likeness (QED) is 0.550. The Bertz CT molecular complexity index is 1460. The van der Waals surface area contributed by atoms with Crippen molar-refractivity contribution < 1.29 is 8.42 Å². The molecule has 33 heavy (non-hydrogen) atoms. The lowest BCUT2D eigenvalue weighted by Crippen LogP contribution is -2.37. The number of aromatic nitrogens is 2. The van der Waals surface area contributed by atoms with Gasteiger partial charge in [-0.25, -0.2) is 13.4 Å². The number of rotatable bonds is 4. The van der Waals surface area contributed by atoms with Gasteiger partial charge >= 0.3 is 0 Å². The smallest absolute Gasteiger partial charge is 0.243 e. The van der Waals surface area contributed by atoms with Crippen molar-refractivity contribution >= 4 is 44.6 Å². The Balaban J connectivity index is 1.26. The van der Waals surface area contributed by atoms with Crippen LogP contribution < -0.4 is 10.0 Å². The highest BCUT2D eigenvalue weighted by Crippen LogP contribution is 2.33. The molecular formula is C23H20N6O2S2. The summed E-state index contributed by atoms with van der Waals surface area (Å²) in [5.74, 6) is 0.744. The monoisotopic (exact) mass is 476 g/mol. The molecule has 3 aliphatic rings. The van der Waals surface area contributed by atoms with E-state index in [1.807, 2.05) is 40.7 Å². The van der Waals surface area contributed by atoms with Crippen LogP contribution in [-0.4, -0.2) is 33.5 Å². The Morgan fingerprint density at radius 3 is 3.00 bits per heavy atom. The average molecular weight is 477 g/mol. The van der Waals surface area contributed by atoms with E-state index in [9.17, 15) is 8.42 Å². The van der Waals surface area contributed by atoms with Gasteiger partial charge in [0.15, 0.2) is 0 Å². The van der Waals surface area contributed by atoms with Crippen molar-refractivity contribution in [3.8, 4) is 0 Å².